The first kappa shape index (κ1) is 15.8. The summed E-state index contributed by atoms with van der Waals surface area (Å²) in [5, 5.41) is 8.19. The number of nitrogens with zero attached hydrogens (tertiary/aromatic N) is 3. The summed E-state index contributed by atoms with van der Waals surface area (Å²) in [5.41, 5.74) is 5.35. The van der Waals surface area contributed by atoms with Crippen LogP contribution < -0.4 is 10.2 Å². The highest BCUT2D eigenvalue weighted by atomic mass is 16.5. The van der Waals surface area contributed by atoms with Gasteiger partial charge >= 0.3 is 0 Å². The fraction of sp³-hybridized carbons (Fsp3) is 0.312. The van der Waals surface area contributed by atoms with E-state index in [1.54, 1.807) is 19.5 Å². The summed E-state index contributed by atoms with van der Waals surface area (Å²) in [5.74, 6) is 0.604. The normalized spacial score (nSPS) is 10.9. The standard InChI is InChI=1S/C16H20N4O2/c1-4-20-12(2)14(11-18-20)10-17-19-16(21)9-13-5-7-15(22-3)8-6-13/h5-8,10-11H,4,9H2,1-3H3,(H,19,21). The summed E-state index contributed by atoms with van der Waals surface area (Å²) >= 11 is 0. The van der Waals surface area contributed by atoms with Crippen LogP contribution in [0.15, 0.2) is 35.6 Å². The molecule has 1 heterocycles. The molecule has 6 heteroatoms. The number of hydrazone groups is 1. The van der Waals surface area contributed by atoms with E-state index in [1.165, 1.54) is 0 Å². The van der Waals surface area contributed by atoms with Crippen molar-refractivity contribution >= 4 is 12.1 Å². The zero-order valence-corrected chi connectivity index (χ0v) is 13.0. The number of aromatic nitrogens is 2. The SMILES string of the molecule is CCn1ncc(C=NNC(=O)Cc2ccc(OC)cc2)c1C. The van der Waals surface area contributed by atoms with Crippen LogP contribution in [0.3, 0.4) is 0 Å². The lowest BCUT2D eigenvalue weighted by molar-refractivity contribution is -0.120. The number of hydrogen-bond donors (Lipinski definition) is 1. The highest BCUT2D eigenvalue weighted by Crippen LogP contribution is 2.11. The van der Waals surface area contributed by atoms with E-state index in [4.69, 9.17) is 4.74 Å². The number of carbonyl (C=O) groups is 1. The van der Waals surface area contributed by atoms with Gasteiger partial charge in [0.1, 0.15) is 5.75 Å². The minimum Gasteiger partial charge on any atom is -0.497 e. The molecule has 0 aliphatic carbocycles. The van der Waals surface area contributed by atoms with Gasteiger partial charge in [0.05, 0.1) is 25.9 Å². The summed E-state index contributed by atoms with van der Waals surface area (Å²) in [7, 11) is 1.61. The molecule has 1 amide bonds. The zero-order valence-electron chi connectivity index (χ0n) is 13.0. The lowest BCUT2D eigenvalue weighted by Gasteiger charge is -2.02. The molecule has 0 fully saturated rings. The molecule has 0 radical (unpaired) electrons. The van der Waals surface area contributed by atoms with Gasteiger partial charge in [-0.1, -0.05) is 12.1 Å². The number of benzene rings is 1. The molecule has 1 aromatic carbocycles. The molecule has 0 atom stereocenters. The molecule has 116 valence electrons. The predicted octanol–water partition coefficient (Wildman–Crippen LogP) is 1.91. The molecular weight excluding hydrogens is 280 g/mol. The van der Waals surface area contributed by atoms with Gasteiger partial charge in [-0.15, -0.1) is 0 Å². The van der Waals surface area contributed by atoms with Crippen LogP contribution in [0.5, 0.6) is 5.75 Å². The smallest absolute Gasteiger partial charge is 0.244 e. The van der Waals surface area contributed by atoms with Crippen molar-refractivity contribution in [3.63, 3.8) is 0 Å². The maximum Gasteiger partial charge on any atom is 0.244 e. The summed E-state index contributed by atoms with van der Waals surface area (Å²) in [6.45, 7) is 4.80. The van der Waals surface area contributed by atoms with Crippen molar-refractivity contribution < 1.29 is 9.53 Å². The Hall–Kier alpha value is -2.63. The zero-order chi connectivity index (χ0) is 15.9. The first-order valence-corrected chi connectivity index (χ1v) is 7.11. The van der Waals surface area contributed by atoms with Gasteiger partial charge in [0.2, 0.25) is 5.91 Å². The number of hydrogen-bond acceptors (Lipinski definition) is 4. The van der Waals surface area contributed by atoms with Gasteiger partial charge in [-0.2, -0.15) is 10.2 Å². The van der Waals surface area contributed by atoms with E-state index in [1.807, 2.05) is 42.8 Å². The number of aryl methyl sites for hydroxylation is 1. The number of methoxy groups -OCH3 is 1. The van der Waals surface area contributed by atoms with Crippen LogP contribution in [0.1, 0.15) is 23.7 Å². The molecule has 6 nitrogen and oxygen atoms in total. The van der Waals surface area contributed by atoms with Gasteiger partial charge in [-0.05, 0) is 31.5 Å². The van der Waals surface area contributed by atoms with Crippen molar-refractivity contribution in [1.29, 1.82) is 0 Å². The van der Waals surface area contributed by atoms with Crippen LogP contribution in [0.25, 0.3) is 0 Å². The van der Waals surface area contributed by atoms with Crippen LogP contribution in [0, 0.1) is 6.92 Å². The molecule has 1 aromatic heterocycles. The van der Waals surface area contributed by atoms with Gasteiger partial charge in [0.15, 0.2) is 0 Å². The second-order valence-electron chi connectivity index (χ2n) is 4.82. The second kappa shape index (κ2) is 7.40. The van der Waals surface area contributed by atoms with Gasteiger partial charge in [-0.3, -0.25) is 9.48 Å². The Balaban J connectivity index is 1.88. The van der Waals surface area contributed by atoms with Gasteiger partial charge < -0.3 is 4.74 Å². The third-order valence-corrected chi connectivity index (χ3v) is 3.36. The van der Waals surface area contributed by atoms with Crippen LogP contribution in [0.4, 0.5) is 0 Å². The fourth-order valence-electron chi connectivity index (χ4n) is 2.05. The van der Waals surface area contributed by atoms with E-state index in [9.17, 15) is 4.79 Å². The Kier molecular flexibility index (Phi) is 5.30. The molecule has 0 saturated carbocycles. The van der Waals surface area contributed by atoms with Crippen molar-refractivity contribution in [2.75, 3.05) is 7.11 Å². The highest BCUT2D eigenvalue weighted by molar-refractivity contribution is 5.83. The third kappa shape index (κ3) is 3.94. The van der Waals surface area contributed by atoms with E-state index in [0.717, 1.165) is 29.1 Å². The van der Waals surface area contributed by atoms with Crippen molar-refractivity contribution in [3.05, 3.63) is 47.3 Å². The minimum atomic E-state index is -0.165. The van der Waals surface area contributed by atoms with Gasteiger partial charge in [0.25, 0.3) is 0 Å². The van der Waals surface area contributed by atoms with Crippen LogP contribution in [0.2, 0.25) is 0 Å². The van der Waals surface area contributed by atoms with E-state index in [2.05, 4.69) is 15.6 Å². The third-order valence-electron chi connectivity index (χ3n) is 3.36. The second-order valence-corrected chi connectivity index (χ2v) is 4.82. The average molecular weight is 300 g/mol. The molecule has 0 saturated heterocycles. The van der Waals surface area contributed by atoms with Crippen molar-refractivity contribution in [2.24, 2.45) is 5.10 Å². The Morgan fingerprint density at radius 2 is 2.14 bits per heavy atom. The lowest BCUT2D eigenvalue weighted by atomic mass is 10.1. The van der Waals surface area contributed by atoms with Crippen molar-refractivity contribution in [1.82, 2.24) is 15.2 Å². The summed E-state index contributed by atoms with van der Waals surface area (Å²) < 4.78 is 6.95. The van der Waals surface area contributed by atoms with Crippen LogP contribution >= 0.6 is 0 Å². The fourth-order valence-corrected chi connectivity index (χ4v) is 2.05. The average Bonchev–Trinajstić information content (AvgIpc) is 2.88. The number of amides is 1. The maximum absolute atomic E-state index is 11.8. The molecule has 2 aromatic rings. The molecule has 0 unspecified atom stereocenters. The largest absolute Gasteiger partial charge is 0.497 e. The molecule has 22 heavy (non-hydrogen) atoms. The predicted molar refractivity (Wildman–Crippen MR) is 85.1 cm³/mol. The Labute approximate surface area is 129 Å². The molecule has 0 spiro atoms. The van der Waals surface area contributed by atoms with Gasteiger partial charge in [0, 0.05) is 17.8 Å². The number of nitrogens with one attached hydrogen (secondary N) is 1. The van der Waals surface area contributed by atoms with Gasteiger partial charge in [-0.25, -0.2) is 5.43 Å². The molecule has 2 rings (SSSR count). The van der Waals surface area contributed by atoms with Crippen LogP contribution in [-0.2, 0) is 17.8 Å². The van der Waals surface area contributed by atoms with Crippen molar-refractivity contribution in [2.45, 2.75) is 26.8 Å². The number of ether oxygens (including phenoxy) is 1. The first-order valence-electron chi connectivity index (χ1n) is 7.11. The topological polar surface area (TPSA) is 68.5 Å². The van der Waals surface area contributed by atoms with E-state index in [0.29, 0.717) is 0 Å². The lowest BCUT2D eigenvalue weighted by Crippen LogP contribution is -2.19. The van der Waals surface area contributed by atoms with E-state index < -0.39 is 0 Å². The quantitative estimate of drug-likeness (QED) is 0.654. The number of rotatable bonds is 6. The molecule has 1 N–H and O–H groups in total. The highest BCUT2D eigenvalue weighted by Gasteiger charge is 2.04. The molecular formula is C16H20N4O2. The van der Waals surface area contributed by atoms with Crippen molar-refractivity contribution in [3.8, 4) is 5.75 Å². The number of carbonyl (C=O) groups excluding carboxylic acids is 1. The maximum atomic E-state index is 11.8. The molecule has 0 aliphatic heterocycles. The Morgan fingerprint density at radius 1 is 1.41 bits per heavy atom. The monoisotopic (exact) mass is 300 g/mol. The minimum absolute atomic E-state index is 0.165. The summed E-state index contributed by atoms with van der Waals surface area (Å²) in [6.07, 6.45) is 3.62. The van der Waals surface area contributed by atoms with Crippen LogP contribution in [-0.4, -0.2) is 29.0 Å². The van der Waals surface area contributed by atoms with E-state index in [-0.39, 0.29) is 12.3 Å². The Bertz CT molecular complexity index is 659. The molecule has 0 aliphatic rings. The summed E-state index contributed by atoms with van der Waals surface area (Å²) in [6, 6.07) is 7.37. The summed E-state index contributed by atoms with van der Waals surface area (Å²) in [4.78, 5) is 11.8. The Morgan fingerprint density at radius 3 is 2.73 bits per heavy atom. The molecule has 0 bridgehead atoms. The first-order chi connectivity index (χ1) is 10.6. The van der Waals surface area contributed by atoms with E-state index >= 15 is 0 Å².